The molecule has 0 aliphatic heterocycles. The molecule has 1 heterocycles. The lowest BCUT2D eigenvalue weighted by Gasteiger charge is -2.13. The number of pyridine rings is 1. The molecule has 2 aromatic rings. The van der Waals surface area contributed by atoms with Crippen molar-refractivity contribution in [1.82, 2.24) is 10.3 Å². The van der Waals surface area contributed by atoms with E-state index in [0.717, 1.165) is 17.3 Å². The van der Waals surface area contributed by atoms with Crippen LogP contribution >= 0.6 is 11.8 Å². The standard InChI is InChI=1S/C21H22N4O2S.C2H6/c1-4-19(13(2)26)28-14(3)20(23)17-10-16(7-8-18(17)22)21(27)25-12-15-6-5-9-24-11-15;1-2/h4-11,23H,3,12,22H2,1-2H3,(H,25,27);1-2H3/b19-4-,23-20?;. The third kappa shape index (κ3) is 7.00. The summed E-state index contributed by atoms with van der Waals surface area (Å²) in [6, 6.07) is 8.42. The van der Waals surface area contributed by atoms with Gasteiger partial charge in [-0.25, -0.2) is 0 Å². The first-order valence-corrected chi connectivity index (χ1v) is 10.3. The van der Waals surface area contributed by atoms with Crippen molar-refractivity contribution in [3.05, 3.63) is 81.9 Å². The number of anilines is 1. The van der Waals surface area contributed by atoms with Crippen LogP contribution in [0, 0.1) is 5.41 Å². The minimum Gasteiger partial charge on any atom is -0.398 e. The Morgan fingerprint density at radius 3 is 2.57 bits per heavy atom. The number of allylic oxidation sites excluding steroid dienone is 3. The van der Waals surface area contributed by atoms with Gasteiger partial charge in [0.15, 0.2) is 5.78 Å². The number of thioether (sulfide) groups is 1. The molecule has 0 bridgehead atoms. The molecule has 0 fully saturated rings. The second-order valence-corrected chi connectivity index (χ2v) is 7.09. The molecule has 0 unspecified atom stereocenters. The molecule has 0 spiro atoms. The van der Waals surface area contributed by atoms with E-state index in [-0.39, 0.29) is 17.4 Å². The summed E-state index contributed by atoms with van der Waals surface area (Å²) in [5.74, 6) is -0.382. The summed E-state index contributed by atoms with van der Waals surface area (Å²) in [5, 5.41) is 11.2. The van der Waals surface area contributed by atoms with Crippen molar-refractivity contribution in [3.63, 3.8) is 0 Å². The average Bonchev–Trinajstić information content (AvgIpc) is 2.77. The number of ketones is 1. The predicted molar refractivity (Wildman–Crippen MR) is 126 cm³/mol. The molecule has 0 aliphatic rings. The van der Waals surface area contributed by atoms with Gasteiger partial charge in [-0.1, -0.05) is 44.3 Å². The monoisotopic (exact) mass is 424 g/mol. The van der Waals surface area contributed by atoms with Crippen molar-refractivity contribution < 1.29 is 9.59 Å². The third-order valence-electron chi connectivity index (χ3n) is 3.88. The lowest BCUT2D eigenvalue weighted by molar-refractivity contribution is -0.112. The second kappa shape index (κ2) is 12.4. The van der Waals surface area contributed by atoms with Crippen LogP contribution in [0.1, 0.15) is 49.2 Å². The normalized spacial score (nSPS) is 10.5. The topological polar surface area (TPSA) is 109 Å². The minimum atomic E-state index is -0.283. The predicted octanol–water partition coefficient (Wildman–Crippen LogP) is 4.73. The zero-order chi connectivity index (χ0) is 22.7. The van der Waals surface area contributed by atoms with Crippen molar-refractivity contribution in [2.75, 3.05) is 5.73 Å². The highest BCUT2D eigenvalue weighted by Gasteiger charge is 2.16. The summed E-state index contributed by atoms with van der Waals surface area (Å²) in [5.41, 5.74) is 8.10. The largest absolute Gasteiger partial charge is 0.398 e. The van der Waals surface area contributed by atoms with Crippen LogP contribution in [0.4, 0.5) is 5.69 Å². The molecule has 1 amide bonds. The summed E-state index contributed by atoms with van der Waals surface area (Å²) in [6.45, 7) is 11.4. The Bertz CT molecular complexity index is 953. The van der Waals surface area contributed by atoms with E-state index < -0.39 is 0 Å². The van der Waals surface area contributed by atoms with Crippen LogP contribution in [-0.2, 0) is 11.3 Å². The zero-order valence-electron chi connectivity index (χ0n) is 17.8. The number of amides is 1. The van der Waals surface area contributed by atoms with Gasteiger partial charge in [-0.05, 0) is 43.7 Å². The highest BCUT2D eigenvalue weighted by molar-refractivity contribution is 8.08. The molecule has 2 rings (SSSR count). The number of Topliss-reactive ketones (excluding diaryl/α,β-unsaturated/α-hetero) is 1. The van der Waals surface area contributed by atoms with Crippen LogP contribution in [0.15, 0.2) is 65.2 Å². The quantitative estimate of drug-likeness (QED) is 0.322. The van der Waals surface area contributed by atoms with Crippen LogP contribution in [-0.4, -0.2) is 22.4 Å². The molecule has 0 radical (unpaired) electrons. The molecule has 7 heteroatoms. The number of hydrogen-bond acceptors (Lipinski definition) is 6. The number of aromatic nitrogens is 1. The summed E-state index contributed by atoms with van der Waals surface area (Å²) in [6.07, 6.45) is 5.02. The van der Waals surface area contributed by atoms with E-state index in [4.69, 9.17) is 11.1 Å². The molecule has 1 aromatic carbocycles. The molecule has 0 saturated heterocycles. The van der Waals surface area contributed by atoms with Gasteiger partial charge < -0.3 is 11.1 Å². The van der Waals surface area contributed by atoms with Crippen LogP contribution in [0.2, 0.25) is 0 Å². The molecule has 0 aliphatic carbocycles. The summed E-state index contributed by atoms with van der Waals surface area (Å²) in [4.78, 5) is 28.9. The van der Waals surface area contributed by atoms with Gasteiger partial charge in [0.1, 0.15) is 0 Å². The molecule has 158 valence electrons. The van der Waals surface area contributed by atoms with Gasteiger partial charge in [-0.3, -0.25) is 20.0 Å². The Morgan fingerprint density at radius 1 is 1.30 bits per heavy atom. The Kier molecular flexibility index (Phi) is 10.3. The molecule has 0 atom stereocenters. The molecule has 0 saturated carbocycles. The van der Waals surface area contributed by atoms with Crippen LogP contribution in [0.3, 0.4) is 0 Å². The van der Waals surface area contributed by atoms with Gasteiger partial charge in [-0.15, -0.1) is 0 Å². The number of carbonyl (C=O) groups is 2. The van der Waals surface area contributed by atoms with E-state index in [1.165, 1.54) is 6.92 Å². The number of nitrogen functional groups attached to an aromatic ring is 1. The fraction of sp³-hybridized carbons (Fsp3) is 0.217. The maximum absolute atomic E-state index is 12.5. The number of nitrogens with one attached hydrogen (secondary N) is 2. The van der Waals surface area contributed by atoms with Crippen molar-refractivity contribution in [2.45, 2.75) is 34.2 Å². The van der Waals surface area contributed by atoms with Gasteiger partial charge >= 0.3 is 0 Å². The maximum atomic E-state index is 12.5. The number of hydrogen-bond donors (Lipinski definition) is 3. The van der Waals surface area contributed by atoms with Gasteiger partial charge in [0.25, 0.3) is 5.91 Å². The summed E-state index contributed by atoms with van der Waals surface area (Å²) >= 11 is 1.12. The molecular formula is C23H28N4O2S. The van der Waals surface area contributed by atoms with Crippen LogP contribution in [0.5, 0.6) is 0 Å². The van der Waals surface area contributed by atoms with Gasteiger partial charge in [0.2, 0.25) is 0 Å². The molecule has 4 N–H and O–H groups in total. The van der Waals surface area contributed by atoms with Gasteiger partial charge in [0, 0.05) is 40.7 Å². The first kappa shape index (κ1) is 24.8. The zero-order valence-corrected chi connectivity index (χ0v) is 18.6. The minimum absolute atomic E-state index is 0.0741. The summed E-state index contributed by atoms with van der Waals surface area (Å²) < 4.78 is 0. The van der Waals surface area contributed by atoms with Gasteiger partial charge in [0.05, 0.1) is 10.6 Å². The highest BCUT2D eigenvalue weighted by Crippen LogP contribution is 2.29. The van der Waals surface area contributed by atoms with E-state index in [9.17, 15) is 9.59 Å². The summed E-state index contributed by atoms with van der Waals surface area (Å²) in [7, 11) is 0. The first-order chi connectivity index (χ1) is 14.3. The Balaban J connectivity index is 0.00000218. The lowest BCUT2D eigenvalue weighted by Crippen LogP contribution is -2.23. The SMILES string of the molecule is C=C(S/C(=C\C)C(C)=O)C(=N)c1cc(C(=O)NCc2cccnc2)ccc1N.CC. The number of benzene rings is 1. The van der Waals surface area contributed by atoms with Crippen molar-refractivity contribution in [2.24, 2.45) is 0 Å². The van der Waals surface area contributed by atoms with E-state index >= 15 is 0 Å². The van der Waals surface area contributed by atoms with Crippen molar-refractivity contribution in [3.8, 4) is 0 Å². The number of rotatable bonds is 8. The van der Waals surface area contributed by atoms with E-state index in [1.54, 1.807) is 49.7 Å². The Labute approximate surface area is 182 Å². The Morgan fingerprint density at radius 2 is 2.00 bits per heavy atom. The van der Waals surface area contributed by atoms with E-state index in [1.807, 2.05) is 19.9 Å². The molecule has 30 heavy (non-hydrogen) atoms. The van der Waals surface area contributed by atoms with Crippen LogP contribution in [0.25, 0.3) is 0 Å². The fourth-order valence-corrected chi connectivity index (χ4v) is 3.11. The van der Waals surface area contributed by atoms with E-state index in [2.05, 4.69) is 16.9 Å². The van der Waals surface area contributed by atoms with E-state index in [0.29, 0.717) is 33.2 Å². The van der Waals surface area contributed by atoms with Crippen molar-refractivity contribution >= 4 is 34.9 Å². The molecular weight excluding hydrogens is 396 g/mol. The number of carbonyl (C=O) groups excluding carboxylic acids is 2. The first-order valence-electron chi connectivity index (χ1n) is 9.53. The van der Waals surface area contributed by atoms with Gasteiger partial charge in [-0.2, -0.15) is 0 Å². The number of nitrogens with zero attached hydrogens (tertiary/aromatic N) is 1. The molecule has 1 aromatic heterocycles. The second-order valence-electron chi connectivity index (χ2n) is 5.96. The number of nitrogens with two attached hydrogens (primary N) is 1. The van der Waals surface area contributed by atoms with Crippen LogP contribution < -0.4 is 11.1 Å². The third-order valence-corrected chi connectivity index (χ3v) is 5.08. The average molecular weight is 425 g/mol. The fourth-order valence-electron chi connectivity index (χ4n) is 2.37. The molecule has 6 nitrogen and oxygen atoms in total. The smallest absolute Gasteiger partial charge is 0.251 e. The highest BCUT2D eigenvalue weighted by atomic mass is 32.2. The maximum Gasteiger partial charge on any atom is 0.251 e. The van der Waals surface area contributed by atoms with Crippen molar-refractivity contribution in [1.29, 1.82) is 5.41 Å². The lowest BCUT2D eigenvalue weighted by atomic mass is 10.0. The Hall–Kier alpha value is -3.19.